The van der Waals surface area contributed by atoms with Crippen molar-refractivity contribution in [1.29, 1.82) is 0 Å². The van der Waals surface area contributed by atoms with Gasteiger partial charge in [-0.05, 0) is 36.4 Å². The van der Waals surface area contributed by atoms with Gasteiger partial charge in [-0.1, -0.05) is 0 Å². The zero-order valence-corrected chi connectivity index (χ0v) is 19.3. The molecule has 10 heteroatoms. The molecule has 1 aliphatic heterocycles. The first-order valence-corrected chi connectivity index (χ1v) is 11.6. The third kappa shape index (κ3) is 4.47. The Balaban J connectivity index is 2.03. The summed E-state index contributed by atoms with van der Waals surface area (Å²) in [4.78, 5) is 28.4. The van der Waals surface area contributed by atoms with Crippen LogP contribution >= 0.6 is 0 Å². The topological polar surface area (TPSA) is 113 Å². The third-order valence-electron chi connectivity index (χ3n) is 5.33. The van der Waals surface area contributed by atoms with E-state index >= 15 is 0 Å². The summed E-state index contributed by atoms with van der Waals surface area (Å²) in [6, 6.07) is 7.97. The molecule has 3 rings (SSSR count). The lowest BCUT2D eigenvalue weighted by Crippen LogP contribution is -3.05. The second kappa shape index (κ2) is 9.27. The number of Topliss-reactive ketones (excluding diaryl/α,β-unsaturated/α-hetero) is 1. The molecule has 1 amide bonds. The van der Waals surface area contributed by atoms with Crippen LogP contribution < -0.4 is 4.90 Å². The molecule has 172 valence electrons. The average Bonchev–Trinajstić information content (AvgIpc) is 3.35. The lowest BCUT2D eigenvalue weighted by atomic mass is 9.99. The standard InChI is InChI=1S/C22H27N3O6S/c1-23(2)12-6-13-25-19(17-7-5-14-31-17)18(21(27)22(25)28)20(26)15-8-10-16(11-9-15)32(29,30)24(3)4/h5,7-11,14,19,26H,6,12-13H2,1-4H3/p+1. The Bertz CT molecular complexity index is 1120. The summed E-state index contributed by atoms with van der Waals surface area (Å²) < 4.78 is 31.2. The third-order valence-corrected chi connectivity index (χ3v) is 7.16. The van der Waals surface area contributed by atoms with Gasteiger partial charge in [0, 0.05) is 32.6 Å². The number of hydrogen-bond acceptors (Lipinski definition) is 6. The molecule has 1 aliphatic rings. The van der Waals surface area contributed by atoms with Gasteiger partial charge in [-0.25, -0.2) is 12.7 Å². The number of quaternary nitrogens is 1. The Hall–Kier alpha value is -2.95. The van der Waals surface area contributed by atoms with Gasteiger partial charge < -0.3 is 19.3 Å². The highest BCUT2D eigenvalue weighted by atomic mass is 32.2. The van der Waals surface area contributed by atoms with Crippen molar-refractivity contribution in [3.8, 4) is 0 Å². The SMILES string of the molecule is CN(C)S(=O)(=O)c1ccc(C(O)=C2C(=O)C(=O)N(CCC[NH+](C)C)C2c2ccco2)cc1. The van der Waals surface area contributed by atoms with Crippen LogP contribution in [0.15, 0.2) is 57.5 Å². The highest BCUT2D eigenvalue weighted by molar-refractivity contribution is 7.89. The normalized spacial score (nSPS) is 18.8. The van der Waals surface area contributed by atoms with Gasteiger partial charge in [0.15, 0.2) is 0 Å². The first-order chi connectivity index (χ1) is 15.1. The zero-order valence-electron chi connectivity index (χ0n) is 18.5. The largest absolute Gasteiger partial charge is 0.507 e. The van der Waals surface area contributed by atoms with Crippen LogP contribution in [0.3, 0.4) is 0 Å². The van der Waals surface area contributed by atoms with Crippen LogP contribution in [0, 0.1) is 0 Å². The predicted molar refractivity (Wildman–Crippen MR) is 117 cm³/mol. The average molecular weight is 463 g/mol. The van der Waals surface area contributed by atoms with Crippen molar-refractivity contribution >= 4 is 27.5 Å². The number of ketones is 1. The van der Waals surface area contributed by atoms with Crippen molar-refractivity contribution in [3.63, 3.8) is 0 Å². The summed E-state index contributed by atoms with van der Waals surface area (Å²) in [5, 5.41) is 11.0. The van der Waals surface area contributed by atoms with Gasteiger partial charge in [-0.3, -0.25) is 9.59 Å². The van der Waals surface area contributed by atoms with Crippen LogP contribution in [-0.4, -0.2) is 75.7 Å². The van der Waals surface area contributed by atoms with E-state index in [9.17, 15) is 23.1 Å². The van der Waals surface area contributed by atoms with Gasteiger partial charge in [0.1, 0.15) is 17.6 Å². The molecule has 1 atom stereocenters. The van der Waals surface area contributed by atoms with Crippen molar-refractivity contribution in [2.75, 3.05) is 41.3 Å². The number of furan rings is 1. The van der Waals surface area contributed by atoms with Crippen molar-refractivity contribution in [3.05, 3.63) is 59.6 Å². The fourth-order valence-electron chi connectivity index (χ4n) is 3.61. The van der Waals surface area contributed by atoms with E-state index in [4.69, 9.17) is 4.42 Å². The molecule has 0 spiro atoms. The van der Waals surface area contributed by atoms with E-state index in [1.165, 1.54) is 54.4 Å². The summed E-state index contributed by atoms with van der Waals surface area (Å²) >= 11 is 0. The Morgan fingerprint density at radius 1 is 1.16 bits per heavy atom. The number of amides is 1. The molecule has 1 saturated heterocycles. The van der Waals surface area contributed by atoms with E-state index in [2.05, 4.69) is 0 Å². The molecule has 0 bridgehead atoms. The Labute approximate surface area is 187 Å². The molecule has 1 aromatic carbocycles. The smallest absolute Gasteiger partial charge is 0.295 e. The molecule has 1 aromatic heterocycles. The van der Waals surface area contributed by atoms with Crippen molar-refractivity contribution < 1.29 is 32.4 Å². The number of carbonyl (C=O) groups excluding carboxylic acids is 2. The second-order valence-corrected chi connectivity index (χ2v) is 10.3. The van der Waals surface area contributed by atoms with Crippen molar-refractivity contribution in [2.24, 2.45) is 0 Å². The van der Waals surface area contributed by atoms with Crippen LogP contribution in [0.1, 0.15) is 23.8 Å². The first-order valence-electron chi connectivity index (χ1n) is 10.2. The molecule has 0 aliphatic carbocycles. The number of sulfonamides is 1. The quantitative estimate of drug-likeness (QED) is 0.335. The second-order valence-electron chi connectivity index (χ2n) is 8.13. The number of rotatable bonds is 8. The summed E-state index contributed by atoms with van der Waals surface area (Å²) in [5.74, 6) is -1.51. The van der Waals surface area contributed by atoms with E-state index in [1.54, 1.807) is 12.1 Å². The molecule has 2 heterocycles. The van der Waals surface area contributed by atoms with Crippen LogP contribution in [0.2, 0.25) is 0 Å². The molecule has 0 radical (unpaired) electrons. The van der Waals surface area contributed by atoms with Gasteiger partial charge in [0.2, 0.25) is 10.0 Å². The lowest BCUT2D eigenvalue weighted by Gasteiger charge is -2.23. The predicted octanol–water partition coefficient (Wildman–Crippen LogP) is 0.486. The fraction of sp³-hybridized carbons (Fsp3) is 0.364. The number of aliphatic hydroxyl groups excluding tert-OH is 1. The molecule has 1 unspecified atom stereocenters. The monoisotopic (exact) mass is 462 g/mol. The minimum Gasteiger partial charge on any atom is -0.507 e. The highest BCUT2D eigenvalue weighted by Gasteiger charge is 2.47. The molecule has 9 nitrogen and oxygen atoms in total. The van der Waals surface area contributed by atoms with E-state index in [-0.39, 0.29) is 21.8 Å². The number of nitrogens with one attached hydrogen (secondary N) is 1. The first kappa shape index (κ1) is 23.7. The Kier molecular flexibility index (Phi) is 6.87. The molecule has 32 heavy (non-hydrogen) atoms. The molecule has 0 saturated carbocycles. The van der Waals surface area contributed by atoms with Gasteiger partial charge in [-0.15, -0.1) is 0 Å². The number of aliphatic hydroxyl groups is 1. The molecule has 2 aromatic rings. The zero-order chi connectivity index (χ0) is 23.6. The maximum atomic E-state index is 12.9. The number of nitrogens with zero attached hydrogens (tertiary/aromatic N) is 2. The molecule has 1 fully saturated rings. The fourth-order valence-corrected chi connectivity index (χ4v) is 4.51. The van der Waals surface area contributed by atoms with E-state index in [0.29, 0.717) is 18.7 Å². The number of hydrogen-bond donors (Lipinski definition) is 2. The number of benzene rings is 1. The lowest BCUT2D eigenvalue weighted by molar-refractivity contribution is -0.858. The van der Waals surface area contributed by atoms with Crippen LogP contribution in [0.4, 0.5) is 0 Å². The highest BCUT2D eigenvalue weighted by Crippen LogP contribution is 2.39. The molecular weight excluding hydrogens is 434 g/mol. The Morgan fingerprint density at radius 3 is 2.34 bits per heavy atom. The number of likely N-dealkylation sites (tertiary alicyclic amines) is 1. The summed E-state index contributed by atoms with van der Waals surface area (Å²) in [5.41, 5.74) is 0.153. The molecule has 2 N–H and O–H groups in total. The van der Waals surface area contributed by atoms with Gasteiger partial charge in [-0.2, -0.15) is 0 Å². The van der Waals surface area contributed by atoms with E-state index in [0.717, 1.165) is 10.8 Å². The van der Waals surface area contributed by atoms with Crippen molar-refractivity contribution in [2.45, 2.75) is 17.4 Å². The van der Waals surface area contributed by atoms with Crippen LogP contribution in [0.25, 0.3) is 5.76 Å². The summed E-state index contributed by atoms with van der Waals surface area (Å²) in [6.07, 6.45) is 2.12. The van der Waals surface area contributed by atoms with Gasteiger partial charge >= 0.3 is 0 Å². The summed E-state index contributed by atoms with van der Waals surface area (Å²) in [7, 11) is 3.20. The van der Waals surface area contributed by atoms with Crippen LogP contribution in [-0.2, 0) is 19.6 Å². The van der Waals surface area contributed by atoms with Gasteiger partial charge in [0.05, 0.1) is 37.4 Å². The minimum atomic E-state index is -3.64. The molecular formula is C22H28N3O6S+. The maximum Gasteiger partial charge on any atom is 0.295 e. The summed E-state index contributed by atoms with van der Waals surface area (Å²) in [6.45, 7) is 1.13. The van der Waals surface area contributed by atoms with Crippen LogP contribution in [0.5, 0.6) is 0 Å². The maximum absolute atomic E-state index is 12.9. The van der Waals surface area contributed by atoms with E-state index < -0.39 is 27.8 Å². The van der Waals surface area contributed by atoms with Gasteiger partial charge in [0.25, 0.3) is 11.7 Å². The number of carbonyl (C=O) groups is 2. The Morgan fingerprint density at radius 2 is 1.81 bits per heavy atom. The minimum absolute atomic E-state index is 0.0493. The van der Waals surface area contributed by atoms with E-state index in [1.807, 2.05) is 14.1 Å². The van der Waals surface area contributed by atoms with Crippen molar-refractivity contribution in [1.82, 2.24) is 9.21 Å².